The zero-order valence-electron chi connectivity index (χ0n) is 16.5. The molecule has 0 aliphatic carbocycles. The lowest BCUT2D eigenvalue weighted by atomic mass is 10.1. The van der Waals surface area contributed by atoms with Crippen LogP contribution in [0.15, 0.2) is 29.2 Å². The van der Waals surface area contributed by atoms with Crippen LogP contribution in [0.3, 0.4) is 0 Å². The van der Waals surface area contributed by atoms with E-state index in [1.807, 2.05) is 19.1 Å². The van der Waals surface area contributed by atoms with Crippen LogP contribution < -0.4 is 5.32 Å². The van der Waals surface area contributed by atoms with Crippen LogP contribution in [-0.2, 0) is 26.0 Å². The fourth-order valence-corrected chi connectivity index (χ4v) is 5.04. The van der Waals surface area contributed by atoms with E-state index in [9.17, 15) is 13.2 Å². The molecule has 2 saturated heterocycles. The van der Waals surface area contributed by atoms with Gasteiger partial charge in [-0.2, -0.15) is 4.31 Å². The number of halogens is 1. The second kappa shape index (κ2) is 10.0. The standard InChI is InChI=1S/C19H29N3O4S.ClH/c1-3-4-16-5-7-17(8-6-16)27(24,25)22-12-10-21(11-13-22)19(23)18-15(2)26-14-9-20-18;/h5-8,15,18,20H,3-4,9-14H2,1-2H3;1H/t15-,18+;/m1./s1. The van der Waals surface area contributed by atoms with E-state index in [4.69, 9.17) is 4.74 Å². The Morgan fingerprint density at radius 1 is 1.18 bits per heavy atom. The Morgan fingerprint density at radius 3 is 2.39 bits per heavy atom. The Bertz CT molecular complexity index is 749. The van der Waals surface area contributed by atoms with Crippen molar-refractivity contribution in [3.05, 3.63) is 29.8 Å². The number of nitrogens with one attached hydrogen (secondary N) is 1. The number of sulfonamides is 1. The van der Waals surface area contributed by atoms with Gasteiger partial charge in [-0.1, -0.05) is 25.5 Å². The van der Waals surface area contributed by atoms with Gasteiger partial charge in [-0.05, 0) is 31.0 Å². The van der Waals surface area contributed by atoms with E-state index in [2.05, 4.69) is 12.2 Å². The van der Waals surface area contributed by atoms with Gasteiger partial charge < -0.3 is 15.0 Å². The molecule has 3 rings (SSSR count). The van der Waals surface area contributed by atoms with Gasteiger partial charge in [0.1, 0.15) is 6.04 Å². The van der Waals surface area contributed by atoms with Crippen molar-refractivity contribution in [1.29, 1.82) is 0 Å². The molecule has 0 radical (unpaired) electrons. The molecule has 0 saturated carbocycles. The number of rotatable bonds is 5. The fraction of sp³-hybridized carbons (Fsp3) is 0.632. The van der Waals surface area contributed by atoms with Crippen molar-refractivity contribution >= 4 is 28.3 Å². The largest absolute Gasteiger partial charge is 0.375 e. The maximum atomic E-state index is 12.9. The zero-order valence-corrected chi connectivity index (χ0v) is 18.1. The Kier molecular flexibility index (Phi) is 8.27. The lowest BCUT2D eigenvalue weighted by Gasteiger charge is -2.38. The number of piperazine rings is 1. The van der Waals surface area contributed by atoms with Crippen LogP contribution in [0.1, 0.15) is 25.8 Å². The van der Waals surface area contributed by atoms with Crippen LogP contribution in [0.5, 0.6) is 0 Å². The van der Waals surface area contributed by atoms with Crippen LogP contribution in [-0.4, -0.2) is 75.0 Å². The monoisotopic (exact) mass is 431 g/mol. The van der Waals surface area contributed by atoms with Gasteiger partial charge in [0.15, 0.2) is 0 Å². The van der Waals surface area contributed by atoms with Gasteiger partial charge >= 0.3 is 0 Å². The molecule has 1 aromatic carbocycles. The summed E-state index contributed by atoms with van der Waals surface area (Å²) in [6.07, 6.45) is 1.80. The predicted molar refractivity (Wildman–Crippen MR) is 110 cm³/mol. The Morgan fingerprint density at radius 2 is 1.82 bits per heavy atom. The van der Waals surface area contributed by atoms with Gasteiger partial charge in [-0.25, -0.2) is 8.42 Å². The first kappa shape index (κ1) is 23.1. The third kappa shape index (κ3) is 5.04. The maximum Gasteiger partial charge on any atom is 0.243 e. The topological polar surface area (TPSA) is 79.0 Å². The predicted octanol–water partition coefficient (Wildman–Crippen LogP) is 1.27. The minimum Gasteiger partial charge on any atom is -0.375 e. The summed E-state index contributed by atoms with van der Waals surface area (Å²) in [5, 5.41) is 3.20. The summed E-state index contributed by atoms with van der Waals surface area (Å²) >= 11 is 0. The second-order valence-electron chi connectivity index (χ2n) is 7.13. The molecular weight excluding hydrogens is 402 g/mol. The number of benzene rings is 1. The molecular formula is C19H30ClN3O4S. The minimum absolute atomic E-state index is 0. The van der Waals surface area contributed by atoms with E-state index in [1.54, 1.807) is 17.0 Å². The summed E-state index contributed by atoms with van der Waals surface area (Å²) in [7, 11) is -3.52. The Labute approximate surface area is 173 Å². The van der Waals surface area contributed by atoms with Crippen molar-refractivity contribution in [2.75, 3.05) is 39.3 Å². The van der Waals surface area contributed by atoms with Crippen molar-refractivity contribution in [3.8, 4) is 0 Å². The molecule has 0 spiro atoms. The number of aryl methyl sites for hydroxylation is 1. The van der Waals surface area contributed by atoms with Crippen LogP contribution in [0.25, 0.3) is 0 Å². The van der Waals surface area contributed by atoms with Crippen LogP contribution >= 0.6 is 12.4 Å². The summed E-state index contributed by atoms with van der Waals surface area (Å²) in [4.78, 5) is 14.8. The molecule has 158 valence electrons. The number of morpholine rings is 1. The van der Waals surface area contributed by atoms with Crippen molar-refractivity contribution in [2.45, 2.75) is 43.7 Å². The summed E-state index contributed by atoms with van der Waals surface area (Å²) in [5.74, 6) is -0.0110. The molecule has 1 amide bonds. The number of nitrogens with zero attached hydrogens (tertiary/aromatic N) is 2. The number of carbonyl (C=O) groups is 1. The first-order valence-electron chi connectivity index (χ1n) is 9.66. The summed E-state index contributed by atoms with van der Waals surface area (Å²) in [5.41, 5.74) is 1.14. The highest BCUT2D eigenvalue weighted by atomic mass is 35.5. The van der Waals surface area contributed by atoms with E-state index >= 15 is 0 Å². The molecule has 7 nitrogen and oxygen atoms in total. The average molecular weight is 432 g/mol. The average Bonchev–Trinajstić information content (AvgIpc) is 2.69. The third-order valence-corrected chi connectivity index (χ3v) is 7.15. The number of hydrogen-bond donors (Lipinski definition) is 1. The summed E-state index contributed by atoms with van der Waals surface area (Å²) in [6, 6.07) is 6.78. The van der Waals surface area contributed by atoms with Crippen molar-refractivity contribution in [3.63, 3.8) is 0 Å². The van der Waals surface area contributed by atoms with Gasteiger partial charge in [-0.3, -0.25) is 4.79 Å². The normalized spacial score (nSPS) is 23.9. The van der Waals surface area contributed by atoms with Crippen molar-refractivity contribution in [2.24, 2.45) is 0 Å². The highest BCUT2D eigenvalue weighted by Gasteiger charge is 2.35. The minimum atomic E-state index is -3.52. The van der Waals surface area contributed by atoms with Crippen molar-refractivity contribution in [1.82, 2.24) is 14.5 Å². The van der Waals surface area contributed by atoms with Gasteiger partial charge in [0.25, 0.3) is 0 Å². The van der Waals surface area contributed by atoms with Gasteiger partial charge in [0.2, 0.25) is 15.9 Å². The highest BCUT2D eigenvalue weighted by molar-refractivity contribution is 7.89. The molecule has 2 fully saturated rings. The molecule has 2 aliphatic heterocycles. The fourth-order valence-electron chi connectivity index (χ4n) is 3.62. The zero-order chi connectivity index (χ0) is 19.4. The highest BCUT2D eigenvalue weighted by Crippen LogP contribution is 2.19. The molecule has 0 bridgehead atoms. The number of hydrogen-bond acceptors (Lipinski definition) is 5. The lowest BCUT2D eigenvalue weighted by molar-refractivity contribution is -0.140. The molecule has 28 heavy (non-hydrogen) atoms. The van der Waals surface area contributed by atoms with E-state index in [-0.39, 0.29) is 30.5 Å². The second-order valence-corrected chi connectivity index (χ2v) is 9.07. The molecule has 0 unspecified atom stereocenters. The number of amides is 1. The number of carbonyl (C=O) groups excluding carboxylic acids is 1. The van der Waals surface area contributed by atoms with E-state index < -0.39 is 10.0 Å². The molecule has 1 N–H and O–H groups in total. The molecule has 2 aliphatic rings. The first-order chi connectivity index (χ1) is 12.9. The van der Waals surface area contributed by atoms with Gasteiger partial charge in [0, 0.05) is 32.7 Å². The van der Waals surface area contributed by atoms with Gasteiger partial charge in [0.05, 0.1) is 17.6 Å². The Balaban J connectivity index is 0.00000280. The van der Waals surface area contributed by atoms with E-state index in [1.165, 1.54) is 4.31 Å². The molecule has 0 aromatic heterocycles. The molecule has 9 heteroatoms. The van der Waals surface area contributed by atoms with Crippen LogP contribution in [0.4, 0.5) is 0 Å². The smallest absolute Gasteiger partial charge is 0.243 e. The summed E-state index contributed by atoms with van der Waals surface area (Å²) < 4.78 is 32.8. The van der Waals surface area contributed by atoms with Crippen LogP contribution in [0, 0.1) is 0 Å². The van der Waals surface area contributed by atoms with Crippen molar-refractivity contribution < 1.29 is 17.9 Å². The quantitative estimate of drug-likeness (QED) is 0.759. The van der Waals surface area contributed by atoms with Gasteiger partial charge in [-0.15, -0.1) is 12.4 Å². The van der Waals surface area contributed by atoms with E-state index in [0.29, 0.717) is 44.2 Å². The number of ether oxygens (including phenoxy) is 1. The molecule has 2 atom stereocenters. The Hall–Kier alpha value is -1.19. The summed E-state index contributed by atoms with van der Waals surface area (Å²) in [6.45, 7) is 6.67. The lowest BCUT2D eigenvalue weighted by Crippen LogP contribution is -2.60. The SMILES string of the molecule is CCCc1ccc(S(=O)(=O)N2CCN(C(=O)[C@H]3NCCO[C@@H]3C)CC2)cc1.Cl. The molecule has 2 heterocycles. The first-order valence-corrected chi connectivity index (χ1v) is 11.1. The maximum absolute atomic E-state index is 12.9. The van der Waals surface area contributed by atoms with Crippen LogP contribution in [0.2, 0.25) is 0 Å². The molecule has 1 aromatic rings. The third-order valence-electron chi connectivity index (χ3n) is 5.23. The van der Waals surface area contributed by atoms with E-state index in [0.717, 1.165) is 18.4 Å².